The van der Waals surface area contributed by atoms with E-state index in [0.717, 1.165) is 20.7 Å². The Labute approximate surface area is 100 Å². The number of nitrogens with zero attached hydrogens (tertiary/aromatic N) is 3. The molecule has 0 saturated heterocycles. The van der Waals surface area contributed by atoms with Crippen LogP contribution in [-0.2, 0) is 6.61 Å². The van der Waals surface area contributed by atoms with Crippen molar-refractivity contribution in [3.05, 3.63) is 27.2 Å². The SMILES string of the molecule is OCc1c(C2CC2)nc2ccc(I)nn12. The van der Waals surface area contributed by atoms with Crippen LogP contribution in [-0.4, -0.2) is 19.7 Å². The first-order valence-corrected chi connectivity index (χ1v) is 6.02. The molecular weight excluding hydrogens is 305 g/mol. The third-order valence-electron chi connectivity index (χ3n) is 2.68. The molecule has 2 aromatic heterocycles. The highest BCUT2D eigenvalue weighted by Crippen LogP contribution is 2.41. The molecule has 2 heterocycles. The molecule has 2 aromatic rings. The van der Waals surface area contributed by atoms with E-state index in [1.807, 2.05) is 12.1 Å². The molecule has 5 heteroatoms. The van der Waals surface area contributed by atoms with Crippen molar-refractivity contribution >= 4 is 28.2 Å². The van der Waals surface area contributed by atoms with Crippen LogP contribution in [0, 0.1) is 3.70 Å². The lowest BCUT2D eigenvalue weighted by Gasteiger charge is -1.98. The molecule has 0 bridgehead atoms. The van der Waals surface area contributed by atoms with Crippen LogP contribution >= 0.6 is 22.6 Å². The van der Waals surface area contributed by atoms with Crippen molar-refractivity contribution in [2.45, 2.75) is 25.4 Å². The normalized spacial score (nSPS) is 16.1. The average molecular weight is 315 g/mol. The molecule has 1 fully saturated rings. The molecule has 0 radical (unpaired) electrons. The van der Waals surface area contributed by atoms with Crippen molar-refractivity contribution in [1.82, 2.24) is 14.6 Å². The number of aliphatic hydroxyl groups is 1. The van der Waals surface area contributed by atoms with E-state index in [-0.39, 0.29) is 6.61 Å². The molecule has 78 valence electrons. The topological polar surface area (TPSA) is 50.4 Å². The van der Waals surface area contributed by atoms with Gasteiger partial charge < -0.3 is 5.11 Å². The van der Waals surface area contributed by atoms with E-state index in [2.05, 4.69) is 32.7 Å². The van der Waals surface area contributed by atoms with Gasteiger partial charge in [0, 0.05) is 5.92 Å². The number of aliphatic hydroxyl groups excluding tert-OH is 1. The number of rotatable bonds is 2. The minimum atomic E-state index is 0.0140. The highest BCUT2D eigenvalue weighted by Gasteiger charge is 2.30. The predicted molar refractivity (Wildman–Crippen MR) is 63.6 cm³/mol. The van der Waals surface area contributed by atoms with Gasteiger partial charge in [0.25, 0.3) is 0 Å². The molecular formula is C10H10IN3O. The highest BCUT2D eigenvalue weighted by molar-refractivity contribution is 14.1. The average Bonchev–Trinajstić information content (AvgIpc) is 3.00. The Bertz CT molecular complexity index is 519. The summed E-state index contributed by atoms with van der Waals surface area (Å²) in [5, 5.41) is 13.7. The smallest absolute Gasteiger partial charge is 0.154 e. The van der Waals surface area contributed by atoms with Crippen LogP contribution in [0.2, 0.25) is 0 Å². The Balaban J connectivity index is 2.27. The minimum absolute atomic E-state index is 0.0140. The molecule has 1 saturated carbocycles. The first-order valence-electron chi connectivity index (χ1n) is 4.94. The molecule has 0 aliphatic heterocycles. The maximum atomic E-state index is 9.37. The quantitative estimate of drug-likeness (QED) is 0.858. The fraction of sp³-hybridized carbons (Fsp3) is 0.400. The van der Waals surface area contributed by atoms with Gasteiger partial charge in [-0.15, -0.1) is 0 Å². The highest BCUT2D eigenvalue weighted by atomic mass is 127. The number of hydrogen-bond acceptors (Lipinski definition) is 3. The Kier molecular flexibility index (Phi) is 2.17. The van der Waals surface area contributed by atoms with Crippen LogP contribution in [0.5, 0.6) is 0 Å². The molecule has 1 aliphatic carbocycles. The van der Waals surface area contributed by atoms with Crippen LogP contribution in [0.25, 0.3) is 5.65 Å². The summed E-state index contributed by atoms with van der Waals surface area (Å²) in [6.07, 6.45) is 2.38. The van der Waals surface area contributed by atoms with E-state index >= 15 is 0 Å². The molecule has 4 nitrogen and oxygen atoms in total. The second-order valence-corrected chi connectivity index (χ2v) is 4.91. The number of imidazole rings is 1. The van der Waals surface area contributed by atoms with Gasteiger partial charge in [0.15, 0.2) is 5.65 Å². The van der Waals surface area contributed by atoms with E-state index in [1.54, 1.807) is 4.52 Å². The van der Waals surface area contributed by atoms with Crippen molar-refractivity contribution in [3.8, 4) is 0 Å². The summed E-state index contributed by atoms with van der Waals surface area (Å²) in [6, 6.07) is 3.88. The first-order chi connectivity index (χ1) is 7.29. The third-order valence-corrected chi connectivity index (χ3v) is 3.26. The van der Waals surface area contributed by atoms with Gasteiger partial charge in [-0.25, -0.2) is 9.50 Å². The number of halogens is 1. The fourth-order valence-electron chi connectivity index (χ4n) is 1.81. The zero-order valence-electron chi connectivity index (χ0n) is 8.02. The summed E-state index contributed by atoms with van der Waals surface area (Å²) in [6.45, 7) is 0.0140. The Morgan fingerprint density at radius 3 is 2.93 bits per heavy atom. The summed E-state index contributed by atoms with van der Waals surface area (Å²) < 4.78 is 2.67. The number of aromatic nitrogens is 3. The van der Waals surface area contributed by atoms with E-state index < -0.39 is 0 Å². The van der Waals surface area contributed by atoms with Gasteiger partial charge in [0.1, 0.15) is 3.70 Å². The molecule has 0 amide bonds. The maximum Gasteiger partial charge on any atom is 0.154 e. The van der Waals surface area contributed by atoms with Crippen molar-refractivity contribution < 1.29 is 5.11 Å². The Morgan fingerprint density at radius 1 is 1.47 bits per heavy atom. The second kappa shape index (κ2) is 3.41. The zero-order chi connectivity index (χ0) is 10.4. The van der Waals surface area contributed by atoms with Crippen molar-refractivity contribution in [1.29, 1.82) is 0 Å². The summed E-state index contributed by atoms with van der Waals surface area (Å²) >= 11 is 2.16. The fourth-order valence-corrected chi connectivity index (χ4v) is 2.20. The van der Waals surface area contributed by atoms with Gasteiger partial charge >= 0.3 is 0 Å². The first kappa shape index (κ1) is 9.53. The number of hydrogen-bond donors (Lipinski definition) is 1. The summed E-state index contributed by atoms with van der Waals surface area (Å²) in [7, 11) is 0. The van der Waals surface area contributed by atoms with Crippen LogP contribution in [0.1, 0.15) is 30.1 Å². The Hall–Kier alpha value is -0.690. The van der Waals surface area contributed by atoms with E-state index in [4.69, 9.17) is 0 Å². The van der Waals surface area contributed by atoms with Crippen LogP contribution in [0.3, 0.4) is 0 Å². The summed E-state index contributed by atoms with van der Waals surface area (Å²) in [4.78, 5) is 4.52. The lowest BCUT2D eigenvalue weighted by atomic mass is 10.2. The van der Waals surface area contributed by atoms with Crippen molar-refractivity contribution in [3.63, 3.8) is 0 Å². The molecule has 3 rings (SSSR count). The minimum Gasteiger partial charge on any atom is -0.390 e. The molecule has 0 atom stereocenters. The zero-order valence-corrected chi connectivity index (χ0v) is 10.2. The van der Waals surface area contributed by atoms with Gasteiger partial charge in [-0.2, -0.15) is 5.10 Å². The summed E-state index contributed by atoms with van der Waals surface area (Å²) in [5.74, 6) is 0.548. The lowest BCUT2D eigenvalue weighted by Crippen LogP contribution is -2.00. The largest absolute Gasteiger partial charge is 0.390 e. The predicted octanol–water partition coefficient (Wildman–Crippen LogP) is 1.70. The molecule has 0 aromatic carbocycles. The van der Waals surface area contributed by atoms with Gasteiger partial charge in [-0.05, 0) is 47.6 Å². The Morgan fingerprint density at radius 2 is 2.27 bits per heavy atom. The van der Waals surface area contributed by atoms with E-state index in [0.29, 0.717) is 5.92 Å². The second-order valence-electron chi connectivity index (χ2n) is 3.80. The van der Waals surface area contributed by atoms with Crippen LogP contribution in [0.4, 0.5) is 0 Å². The van der Waals surface area contributed by atoms with E-state index in [1.165, 1.54) is 12.8 Å². The summed E-state index contributed by atoms with van der Waals surface area (Å²) in [5.41, 5.74) is 2.72. The van der Waals surface area contributed by atoms with E-state index in [9.17, 15) is 5.11 Å². The van der Waals surface area contributed by atoms with Crippen LogP contribution < -0.4 is 0 Å². The monoisotopic (exact) mass is 315 g/mol. The maximum absolute atomic E-state index is 9.37. The number of fused-ring (bicyclic) bond motifs is 1. The standard InChI is InChI=1S/C10H10IN3O/c11-8-3-4-9-12-10(6-1-2-6)7(5-15)14(9)13-8/h3-4,6,15H,1-2,5H2. The van der Waals surface area contributed by atoms with Crippen molar-refractivity contribution in [2.24, 2.45) is 0 Å². The molecule has 1 N–H and O–H groups in total. The lowest BCUT2D eigenvalue weighted by molar-refractivity contribution is 0.272. The van der Waals surface area contributed by atoms with Gasteiger partial charge in [0.05, 0.1) is 18.0 Å². The third kappa shape index (κ3) is 1.53. The van der Waals surface area contributed by atoms with Gasteiger partial charge in [0.2, 0.25) is 0 Å². The van der Waals surface area contributed by atoms with Gasteiger partial charge in [-0.3, -0.25) is 0 Å². The molecule has 0 spiro atoms. The molecule has 1 aliphatic rings. The van der Waals surface area contributed by atoms with Crippen molar-refractivity contribution in [2.75, 3.05) is 0 Å². The molecule has 15 heavy (non-hydrogen) atoms. The molecule has 0 unspecified atom stereocenters. The van der Waals surface area contributed by atoms with Gasteiger partial charge in [-0.1, -0.05) is 0 Å². The van der Waals surface area contributed by atoms with Crippen LogP contribution in [0.15, 0.2) is 12.1 Å².